The predicted octanol–water partition coefficient (Wildman–Crippen LogP) is 3.59. The summed E-state index contributed by atoms with van der Waals surface area (Å²) in [5, 5.41) is 5.54. The monoisotopic (exact) mass is 450 g/mol. The first kappa shape index (κ1) is 27.4. The van der Waals surface area contributed by atoms with Crippen LogP contribution in [0.1, 0.15) is 57.8 Å². The summed E-state index contributed by atoms with van der Waals surface area (Å²) in [5.41, 5.74) is -0.201. The minimum atomic E-state index is -0.703. The van der Waals surface area contributed by atoms with Crippen molar-refractivity contribution in [1.82, 2.24) is 10.6 Å². The highest BCUT2D eigenvalue weighted by atomic mass is 16.6. The number of amides is 2. The highest BCUT2D eigenvalue weighted by molar-refractivity contribution is 5.96. The second-order valence-electron chi connectivity index (χ2n) is 9.03. The van der Waals surface area contributed by atoms with Crippen molar-refractivity contribution in [2.75, 3.05) is 26.9 Å². The van der Waals surface area contributed by atoms with Crippen LogP contribution in [0.3, 0.4) is 0 Å². The molecule has 0 bridgehead atoms. The van der Waals surface area contributed by atoms with E-state index in [-0.39, 0.29) is 17.7 Å². The summed E-state index contributed by atoms with van der Waals surface area (Å²) in [6.45, 7) is 10.7. The van der Waals surface area contributed by atoms with Crippen LogP contribution >= 0.6 is 0 Å². The quantitative estimate of drug-likeness (QED) is 0.352. The molecule has 8 nitrogen and oxygen atoms in total. The number of carbonyl (C=O) groups excluding carboxylic acids is 3. The maximum atomic E-state index is 12.8. The van der Waals surface area contributed by atoms with Gasteiger partial charge in [-0.3, -0.25) is 4.79 Å². The second kappa shape index (κ2) is 13.7. The van der Waals surface area contributed by atoms with Gasteiger partial charge in [-0.05, 0) is 51.2 Å². The third-order valence-corrected chi connectivity index (χ3v) is 4.77. The largest absolute Gasteiger partial charge is 0.493 e. The van der Waals surface area contributed by atoms with Crippen LogP contribution in [-0.4, -0.2) is 56.8 Å². The van der Waals surface area contributed by atoms with Crippen molar-refractivity contribution < 1.29 is 28.6 Å². The van der Waals surface area contributed by atoms with Gasteiger partial charge in [0.25, 0.3) is 5.91 Å². The summed E-state index contributed by atoms with van der Waals surface area (Å²) in [7, 11) is 1.63. The fourth-order valence-electron chi connectivity index (χ4n) is 3.01. The van der Waals surface area contributed by atoms with E-state index in [9.17, 15) is 14.4 Å². The molecule has 0 fully saturated rings. The van der Waals surface area contributed by atoms with Crippen LogP contribution in [0.2, 0.25) is 0 Å². The lowest BCUT2D eigenvalue weighted by Crippen LogP contribution is -2.43. The maximum absolute atomic E-state index is 12.8. The van der Waals surface area contributed by atoms with Gasteiger partial charge in [-0.1, -0.05) is 26.0 Å². The Kier molecular flexibility index (Phi) is 11.8. The van der Waals surface area contributed by atoms with Crippen LogP contribution in [0.25, 0.3) is 0 Å². The van der Waals surface area contributed by atoms with E-state index in [1.807, 2.05) is 19.9 Å². The highest BCUT2D eigenvalue weighted by Crippen LogP contribution is 2.20. The molecule has 0 saturated heterocycles. The van der Waals surface area contributed by atoms with Crippen molar-refractivity contribution in [2.24, 2.45) is 11.8 Å². The highest BCUT2D eigenvalue weighted by Gasteiger charge is 2.24. The Labute approximate surface area is 191 Å². The fraction of sp³-hybridized carbons (Fsp3) is 0.625. The van der Waals surface area contributed by atoms with Gasteiger partial charge in [0.05, 0.1) is 18.2 Å². The lowest BCUT2D eigenvalue weighted by atomic mass is 9.89. The van der Waals surface area contributed by atoms with Gasteiger partial charge in [-0.2, -0.15) is 0 Å². The summed E-state index contributed by atoms with van der Waals surface area (Å²) in [4.78, 5) is 36.3. The minimum absolute atomic E-state index is 0.0288. The molecular formula is C24H38N2O6. The summed E-state index contributed by atoms with van der Waals surface area (Å²) in [5.74, 6) is 0.415. The van der Waals surface area contributed by atoms with Crippen LogP contribution < -0.4 is 15.4 Å². The number of carbonyl (C=O) groups is 3. The normalized spacial score (nSPS) is 13.2. The number of para-hydroxylation sites is 1. The van der Waals surface area contributed by atoms with Crippen LogP contribution in [0.4, 0.5) is 4.79 Å². The zero-order valence-electron chi connectivity index (χ0n) is 20.1. The number of aldehydes is 1. The van der Waals surface area contributed by atoms with Gasteiger partial charge in [-0.15, -0.1) is 0 Å². The van der Waals surface area contributed by atoms with Crippen molar-refractivity contribution in [2.45, 2.75) is 59.1 Å². The molecule has 2 N–H and O–H groups in total. The molecule has 0 radical (unpaired) electrons. The molecule has 0 heterocycles. The van der Waals surface area contributed by atoms with Gasteiger partial charge in [0.15, 0.2) is 0 Å². The Balaban J connectivity index is 2.71. The van der Waals surface area contributed by atoms with E-state index < -0.39 is 17.7 Å². The van der Waals surface area contributed by atoms with Crippen LogP contribution in [-0.2, 0) is 14.3 Å². The molecular weight excluding hydrogens is 412 g/mol. The smallest absolute Gasteiger partial charge is 0.408 e. The lowest BCUT2D eigenvalue weighted by molar-refractivity contribution is -0.110. The number of hydrogen-bond acceptors (Lipinski definition) is 6. The van der Waals surface area contributed by atoms with E-state index in [4.69, 9.17) is 14.2 Å². The van der Waals surface area contributed by atoms with Crippen LogP contribution in [0.15, 0.2) is 24.3 Å². The number of benzene rings is 1. The Morgan fingerprint density at radius 3 is 2.41 bits per heavy atom. The molecule has 1 rings (SSSR count). The lowest BCUT2D eigenvalue weighted by Gasteiger charge is -2.26. The number of ether oxygens (including phenoxy) is 3. The molecule has 8 heteroatoms. The summed E-state index contributed by atoms with van der Waals surface area (Å²) >= 11 is 0. The molecule has 0 aromatic heterocycles. The fourth-order valence-corrected chi connectivity index (χ4v) is 3.01. The topological polar surface area (TPSA) is 103 Å². The number of rotatable bonds is 13. The van der Waals surface area contributed by atoms with E-state index in [1.165, 1.54) is 0 Å². The molecule has 180 valence electrons. The first-order valence-corrected chi connectivity index (χ1v) is 11.0. The zero-order valence-corrected chi connectivity index (χ0v) is 20.1. The van der Waals surface area contributed by atoms with Gasteiger partial charge in [0.1, 0.15) is 17.6 Å². The summed E-state index contributed by atoms with van der Waals surface area (Å²) in [6.07, 6.45) is 1.17. The van der Waals surface area contributed by atoms with Gasteiger partial charge in [0.2, 0.25) is 0 Å². The SMILES string of the molecule is COCCCOc1ccccc1C(=O)NCC(CC(C=O)NC(=O)OC(C)(C)C)C(C)C. The Morgan fingerprint density at radius 2 is 1.81 bits per heavy atom. The van der Waals surface area contributed by atoms with Crippen LogP contribution in [0, 0.1) is 11.8 Å². The van der Waals surface area contributed by atoms with Gasteiger partial charge in [0, 0.05) is 26.7 Å². The van der Waals surface area contributed by atoms with Crippen molar-refractivity contribution in [3.05, 3.63) is 29.8 Å². The van der Waals surface area contributed by atoms with E-state index >= 15 is 0 Å². The summed E-state index contributed by atoms with van der Waals surface area (Å²) < 4.78 is 16.0. The number of nitrogens with one attached hydrogen (secondary N) is 2. The number of hydrogen-bond donors (Lipinski definition) is 2. The average Bonchev–Trinajstić information content (AvgIpc) is 2.71. The van der Waals surface area contributed by atoms with Gasteiger partial charge in [-0.25, -0.2) is 4.79 Å². The third kappa shape index (κ3) is 10.6. The third-order valence-electron chi connectivity index (χ3n) is 4.77. The van der Waals surface area contributed by atoms with Crippen molar-refractivity contribution in [3.8, 4) is 5.75 Å². The predicted molar refractivity (Wildman–Crippen MR) is 123 cm³/mol. The molecule has 2 unspecified atom stereocenters. The minimum Gasteiger partial charge on any atom is -0.493 e. The molecule has 1 aromatic rings. The molecule has 0 aliphatic carbocycles. The molecule has 1 aromatic carbocycles. The standard InChI is InChI=1S/C24H38N2O6/c1-17(2)18(14-19(16-27)26-23(29)32-24(3,4)5)15-25-22(28)20-10-7-8-11-21(20)31-13-9-12-30-6/h7-8,10-11,16-19H,9,12-15H2,1-6H3,(H,25,28)(H,26,29). The van der Waals surface area contributed by atoms with E-state index in [2.05, 4.69) is 10.6 Å². The molecule has 32 heavy (non-hydrogen) atoms. The maximum Gasteiger partial charge on any atom is 0.408 e. The number of alkyl carbamates (subject to hydrolysis) is 1. The van der Waals surface area contributed by atoms with Crippen molar-refractivity contribution in [1.29, 1.82) is 0 Å². The molecule has 2 amide bonds. The molecule has 0 saturated carbocycles. The van der Waals surface area contributed by atoms with E-state index in [0.29, 0.717) is 43.8 Å². The molecule has 0 aliphatic rings. The number of methoxy groups -OCH3 is 1. The molecule has 0 aliphatic heterocycles. The second-order valence-corrected chi connectivity index (χ2v) is 9.03. The van der Waals surface area contributed by atoms with E-state index in [1.54, 1.807) is 46.1 Å². The molecule has 0 spiro atoms. The average molecular weight is 451 g/mol. The summed E-state index contributed by atoms with van der Waals surface area (Å²) in [6, 6.07) is 6.37. The van der Waals surface area contributed by atoms with Gasteiger partial charge >= 0.3 is 6.09 Å². The molecule has 2 atom stereocenters. The first-order valence-electron chi connectivity index (χ1n) is 11.0. The zero-order chi connectivity index (χ0) is 24.1. The van der Waals surface area contributed by atoms with E-state index in [0.717, 1.165) is 6.42 Å². The van der Waals surface area contributed by atoms with Crippen LogP contribution in [0.5, 0.6) is 5.75 Å². The Bertz CT molecular complexity index is 729. The van der Waals surface area contributed by atoms with Crippen molar-refractivity contribution in [3.63, 3.8) is 0 Å². The van der Waals surface area contributed by atoms with Gasteiger partial charge < -0.3 is 29.6 Å². The first-order chi connectivity index (χ1) is 15.1. The Morgan fingerprint density at radius 1 is 1.12 bits per heavy atom. The van der Waals surface area contributed by atoms with Crippen molar-refractivity contribution >= 4 is 18.3 Å². The Hall–Kier alpha value is -2.61.